The quantitative estimate of drug-likeness (QED) is 0.783. The third-order valence-corrected chi connectivity index (χ3v) is 4.55. The van der Waals surface area contributed by atoms with Gasteiger partial charge in [0.15, 0.2) is 6.61 Å². The van der Waals surface area contributed by atoms with Crippen molar-refractivity contribution in [2.75, 3.05) is 39.1 Å². The largest absolute Gasteiger partial charge is 0.484 e. The van der Waals surface area contributed by atoms with Crippen LogP contribution in [0.25, 0.3) is 0 Å². The van der Waals surface area contributed by atoms with E-state index in [4.69, 9.17) is 9.47 Å². The highest BCUT2D eigenvalue weighted by atomic mass is 32.2. The van der Waals surface area contributed by atoms with Gasteiger partial charge in [-0.15, -0.1) is 0 Å². The number of hydrogen-bond acceptors (Lipinski definition) is 5. The zero-order chi connectivity index (χ0) is 16.9. The van der Waals surface area contributed by atoms with Crippen molar-refractivity contribution < 1.29 is 27.1 Å². The van der Waals surface area contributed by atoms with E-state index in [9.17, 15) is 17.6 Å². The fraction of sp³-hybridized carbons (Fsp3) is 0.500. The molecule has 1 saturated heterocycles. The molecule has 0 unspecified atom stereocenters. The van der Waals surface area contributed by atoms with Gasteiger partial charge >= 0.3 is 0 Å². The van der Waals surface area contributed by atoms with E-state index in [0.29, 0.717) is 18.9 Å². The van der Waals surface area contributed by atoms with Gasteiger partial charge in [0, 0.05) is 19.6 Å². The number of rotatable bonds is 6. The number of carbonyl (C=O) groups excluding carboxylic acids is 1. The summed E-state index contributed by atoms with van der Waals surface area (Å²) < 4.78 is 47.7. The van der Waals surface area contributed by atoms with Crippen LogP contribution in [0.4, 0.5) is 4.39 Å². The van der Waals surface area contributed by atoms with Crippen molar-refractivity contribution in [3.63, 3.8) is 0 Å². The molecule has 9 heteroatoms. The molecular weight excluding hydrogens is 327 g/mol. The van der Waals surface area contributed by atoms with E-state index in [1.807, 2.05) is 0 Å². The summed E-state index contributed by atoms with van der Waals surface area (Å²) in [5.74, 6) is -0.361. The molecule has 1 aliphatic rings. The Morgan fingerprint density at radius 1 is 1.43 bits per heavy atom. The zero-order valence-corrected chi connectivity index (χ0v) is 13.5. The van der Waals surface area contributed by atoms with Crippen LogP contribution in [0.1, 0.15) is 0 Å². The molecule has 1 aromatic carbocycles. The average Bonchev–Trinajstić information content (AvgIpc) is 2.52. The number of nitrogens with one attached hydrogen (secondary N) is 1. The van der Waals surface area contributed by atoms with Crippen LogP contribution < -0.4 is 10.1 Å². The molecule has 1 amide bonds. The molecule has 1 fully saturated rings. The molecule has 0 saturated carbocycles. The van der Waals surface area contributed by atoms with E-state index in [1.54, 1.807) is 0 Å². The Balaban J connectivity index is 1.72. The highest BCUT2D eigenvalue weighted by Gasteiger charge is 2.26. The lowest BCUT2D eigenvalue weighted by molar-refractivity contribution is -0.124. The van der Waals surface area contributed by atoms with Crippen LogP contribution in [-0.2, 0) is 19.6 Å². The van der Waals surface area contributed by atoms with Crippen molar-refractivity contribution in [3.8, 4) is 5.75 Å². The van der Waals surface area contributed by atoms with E-state index in [0.717, 1.165) is 6.26 Å². The normalized spacial score (nSPS) is 19.3. The van der Waals surface area contributed by atoms with E-state index in [1.165, 1.54) is 28.6 Å². The first-order valence-electron chi connectivity index (χ1n) is 7.06. The minimum Gasteiger partial charge on any atom is -0.484 e. The summed E-state index contributed by atoms with van der Waals surface area (Å²) in [7, 11) is -3.26. The van der Waals surface area contributed by atoms with Crippen molar-refractivity contribution in [2.24, 2.45) is 0 Å². The number of benzene rings is 1. The van der Waals surface area contributed by atoms with Gasteiger partial charge in [-0.25, -0.2) is 12.8 Å². The number of halogens is 1. The summed E-state index contributed by atoms with van der Waals surface area (Å²) in [6.45, 7) is 0.792. The predicted molar refractivity (Wildman–Crippen MR) is 81.1 cm³/mol. The minimum atomic E-state index is -3.26. The Labute approximate surface area is 134 Å². The number of hydrogen-bond donors (Lipinski definition) is 1. The summed E-state index contributed by atoms with van der Waals surface area (Å²) in [6.07, 6.45) is 0.748. The van der Waals surface area contributed by atoms with Crippen LogP contribution in [-0.4, -0.2) is 63.8 Å². The lowest BCUT2D eigenvalue weighted by Gasteiger charge is -2.31. The van der Waals surface area contributed by atoms with Gasteiger partial charge in [0.2, 0.25) is 10.0 Å². The summed E-state index contributed by atoms with van der Waals surface area (Å²) in [5.41, 5.74) is 0. The van der Waals surface area contributed by atoms with E-state index in [-0.39, 0.29) is 31.4 Å². The number of nitrogens with zero attached hydrogens (tertiary/aromatic N) is 1. The molecule has 0 radical (unpaired) electrons. The Hall–Kier alpha value is -1.71. The van der Waals surface area contributed by atoms with Gasteiger partial charge in [-0.05, 0) is 24.3 Å². The average molecular weight is 346 g/mol. The second-order valence-electron chi connectivity index (χ2n) is 5.16. The number of sulfonamides is 1. The monoisotopic (exact) mass is 346 g/mol. The summed E-state index contributed by atoms with van der Waals surface area (Å²) in [5, 5.41) is 2.62. The van der Waals surface area contributed by atoms with Gasteiger partial charge in [-0.1, -0.05) is 0 Å². The van der Waals surface area contributed by atoms with Gasteiger partial charge in [-0.3, -0.25) is 4.79 Å². The van der Waals surface area contributed by atoms with Gasteiger partial charge in [-0.2, -0.15) is 4.31 Å². The van der Waals surface area contributed by atoms with E-state index >= 15 is 0 Å². The molecule has 1 N–H and O–H groups in total. The number of ether oxygens (including phenoxy) is 2. The molecular formula is C14H19FN2O5S. The second-order valence-corrected chi connectivity index (χ2v) is 7.14. The lowest BCUT2D eigenvalue weighted by atomic mass is 10.3. The Morgan fingerprint density at radius 3 is 2.78 bits per heavy atom. The van der Waals surface area contributed by atoms with Crippen molar-refractivity contribution in [3.05, 3.63) is 30.1 Å². The third kappa shape index (κ3) is 5.77. The summed E-state index contributed by atoms with van der Waals surface area (Å²) >= 11 is 0. The highest BCUT2D eigenvalue weighted by molar-refractivity contribution is 7.88. The van der Waals surface area contributed by atoms with Gasteiger partial charge in [0.25, 0.3) is 5.91 Å². The van der Waals surface area contributed by atoms with Crippen LogP contribution in [0.2, 0.25) is 0 Å². The first-order valence-corrected chi connectivity index (χ1v) is 8.91. The lowest BCUT2D eigenvalue weighted by Crippen LogP contribution is -2.49. The predicted octanol–water partition coefficient (Wildman–Crippen LogP) is -0.0189. The van der Waals surface area contributed by atoms with Gasteiger partial charge in [0.05, 0.1) is 19.0 Å². The van der Waals surface area contributed by atoms with Crippen LogP contribution >= 0.6 is 0 Å². The topological polar surface area (TPSA) is 84.9 Å². The molecule has 0 aromatic heterocycles. The number of amides is 1. The maximum Gasteiger partial charge on any atom is 0.258 e. The first kappa shape index (κ1) is 17.6. The fourth-order valence-corrected chi connectivity index (χ4v) is 2.92. The van der Waals surface area contributed by atoms with Crippen LogP contribution in [0.3, 0.4) is 0 Å². The Kier molecular flexibility index (Phi) is 5.91. The smallest absolute Gasteiger partial charge is 0.258 e. The van der Waals surface area contributed by atoms with E-state index < -0.39 is 16.1 Å². The standard InChI is InChI=1S/C14H19FN2O5S/c1-23(19,20)17-6-7-21-13(9-17)8-16-14(18)10-22-12-4-2-11(15)3-5-12/h2-5,13H,6-10H2,1H3,(H,16,18)/t13-/m1/s1. The molecule has 2 rings (SSSR count). The fourth-order valence-electron chi connectivity index (χ4n) is 2.08. The van der Waals surface area contributed by atoms with Crippen molar-refractivity contribution in [1.82, 2.24) is 9.62 Å². The maximum atomic E-state index is 12.7. The molecule has 1 heterocycles. The molecule has 0 aliphatic carbocycles. The van der Waals surface area contributed by atoms with E-state index in [2.05, 4.69) is 5.32 Å². The molecule has 1 atom stereocenters. The second kappa shape index (κ2) is 7.71. The maximum absolute atomic E-state index is 12.7. The summed E-state index contributed by atoms with van der Waals surface area (Å²) in [4.78, 5) is 11.7. The van der Waals surface area contributed by atoms with Gasteiger partial charge in [0.1, 0.15) is 11.6 Å². The minimum absolute atomic E-state index is 0.192. The van der Waals surface area contributed by atoms with Crippen molar-refractivity contribution in [2.45, 2.75) is 6.10 Å². The van der Waals surface area contributed by atoms with Crippen LogP contribution in [0.5, 0.6) is 5.75 Å². The van der Waals surface area contributed by atoms with Crippen LogP contribution in [0, 0.1) is 5.82 Å². The Morgan fingerprint density at radius 2 is 2.13 bits per heavy atom. The molecule has 1 aromatic rings. The molecule has 128 valence electrons. The Bertz CT molecular complexity index is 635. The summed E-state index contributed by atoms with van der Waals surface area (Å²) in [6, 6.07) is 5.33. The SMILES string of the molecule is CS(=O)(=O)N1CCO[C@H](CNC(=O)COc2ccc(F)cc2)C1. The highest BCUT2D eigenvalue weighted by Crippen LogP contribution is 2.11. The number of morpholine rings is 1. The molecule has 1 aliphatic heterocycles. The van der Waals surface area contributed by atoms with Crippen molar-refractivity contribution in [1.29, 1.82) is 0 Å². The third-order valence-electron chi connectivity index (χ3n) is 3.28. The molecule has 0 spiro atoms. The van der Waals surface area contributed by atoms with Crippen LogP contribution in [0.15, 0.2) is 24.3 Å². The molecule has 7 nitrogen and oxygen atoms in total. The molecule has 23 heavy (non-hydrogen) atoms. The zero-order valence-electron chi connectivity index (χ0n) is 12.7. The van der Waals surface area contributed by atoms with Crippen molar-refractivity contribution >= 4 is 15.9 Å². The first-order chi connectivity index (χ1) is 10.8. The molecule has 0 bridgehead atoms. The number of carbonyl (C=O) groups is 1. The van der Waals surface area contributed by atoms with Gasteiger partial charge < -0.3 is 14.8 Å².